The second-order valence-corrected chi connectivity index (χ2v) is 7.00. The van der Waals surface area contributed by atoms with Crippen LogP contribution in [0.25, 0.3) is 0 Å². The lowest BCUT2D eigenvalue weighted by Crippen LogP contribution is -2.45. The first kappa shape index (κ1) is 21.9. The van der Waals surface area contributed by atoms with Crippen LogP contribution in [0.1, 0.15) is 5.56 Å². The van der Waals surface area contributed by atoms with Gasteiger partial charge in [-0.1, -0.05) is 30.3 Å². The van der Waals surface area contributed by atoms with Crippen LogP contribution in [-0.2, 0) is 44.8 Å². The van der Waals surface area contributed by atoms with Crippen molar-refractivity contribution in [3.8, 4) is 0 Å². The van der Waals surface area contributed by atoms with E-state index >= 15 is 0 Å². The molecule has 11 heteroatoms. The molecule has 0 saturated heterocycles. The summed E-state index contributed by atoms with van der Waals surface area (Å²) in [5.74, 6) is -5.52. The average Bonchev–Trinajstić information content (AvgIpc) is 2.57. The molecule has 0 aromatic heterocycles. The van der Waals surface area contributed by atoms with E-state index < -0.39 is 52.5 Å². The number of hydrogen-bond acceptors (Lipinski definition) is 8. The van der Waals surface area contributed by atoms with E-state index in [9.17, 15) is 22.8 Å². The Morgan fingerprint density at radius 2 is 1.77 bits per heavy atom. The van der Waals surface area contributed by atoms with Crippen molar-refractivity contribution < 1.29 is 36.5 Å². The molecule has 1 aromatic carbocycles. The molecule has 0 unspecified atom stereocenters. The molecule has 2 N–H and O–H groups in total. The summed E-state index contributed by atoms with van der Waals surface area (Å²) in [6.45, 7) is -0.900. The first-order chi connectivity index (χ1) is 12.1. The number of carbonyl (C=O) groups excluding carboxylic acids is 3. The third-order valence-electron chi connectivity index (χ3n) is 2.97. The van der Waals surface area contributed by atoms with E-state index in [1.165, 1.54) is 0 Å². The maximum absolute atomic E-state index is 12.2. The molecule has 144 valence electrons. The lowest BCUT2D eigenvalue weighted by atomic mass is 10.0. The summed E-state index contributed by atoms with van der Waals surface area (Å²) in [6, 6.07) is 8.56. The van der Waals surface area contributed by atoms with E-state index in [2.05, 4.69) is 8.92 Å². The van der Waals surface area contributed by atoms with Crippen LogP contribution in [0, 0.1) is 5.92 Å². The van der Waals surface area contributed by atoms with E-state index in [1.807, 2.05) is 0 Å². The molecule has 0 spiro atoms. The lowest BCUT2D eigenvalue weighted by molar-refractivity contribution is -0.161. The number of esters is 2. The summed E-state index contributed by atoms with van der Waals surface area (Å²) in [5, 5.41) is 0. The van der Waals surface area contributed by atoms with Gasteiger partial charge in [0.25, 0.3) is 10.1 Å². The molecule has 26 heavy (non-hydrogen) atoms. The standard InChI is InChI=1S/C15H18ClNO8S/c1-26(21,22)25-11(9-23-12(18)7-16)13(14(17)19)15(20)24-8-10-5-3-2-4-6-10/h2-6,11,13H,7-9H2,1H3,(H2,17,19)/t11-,13+/m1/s1. The highest BCUT2D eigenvalue weighted by Crippen LogP contribution is 2.15. The molecule has 0 fully saturated rings. The van der Waals surface area contributed by atoms with Crippen LogP contribution in [0.4, 0.5) is 0 Å². The quantitative estimate of drug-likeness (QED) is 0.246. The maximum Gasteiger partial charge on any atom is 0.321 e. The molecular weight excluding hydrogens is 390 g/mol. The van der Waals surface area contributed by atoms with Crippen LogP contribution in [0.15, 0.2) is 30.3 Å². The Morgan fingerprint density at radius 3 is 2.27 bits per heavy atom. The Morgan fingerprint density at radius 1 is 1.15 bits per heavy atom. The minimum absolute atomic E-state index is 0.170. The Bertz CT molecular complexity index is 737. The SMILES string of the molecule is CS(=O)(=O)O[C@H](COC(=O)CCl)[C@@H](C(N)=O)C(=O)OCc1ccccc1. The molecular formula is C15H18ClNO8S. The van der Waals surface area contributed by atoms with Crippen LogP contribution in [0.5, 0.6) is 0 Å². The molecule has 0 radical (unpaired) electrons. The summed E-state index contributed by atoms with van der Waals surface area (Å²) in [7, 11) is -4.10. The predicted octanol–water partition coefficient (Wildman–Crippen LogP) is -0.0419. The van der Waals surface area contributed by atoms with Gasteiger partial charge in [-0.2, -0.15) is 8.42 Å². The van der Waals surface area contributed by atoms with Gasteiger partial charge in [0.05, 0.1) is 6.26 Å². The van der Waals surface area contributed by atoms with Crippen molar-refractivity contribution in [1.29, 1.82) is 0 Å². The van der Waals surface area contributed by atoms with Gasteiger partial charge >= 0.3 is 11.9 Å². The third kappa shape index (κ3) is 7.81. The molecule has 0 aliphatic rings. The van der Waals surface area contributed by atoms with Gasteiger partial charge in [0.1, 0.15) is 25.2 Å². The van der Waals surface area contributed by atoms with Crippen LogP contribution < -0.4 is 5.73 Å². The number of alkyl halides is 1. The van der Waals surface area contributed by atoms with Gasteiger partial charge in [-0.05, 0) is 5.56 Å². The first-order valence-electron chi connectivity index (χ1n) is 7.23. The number of rotatable bonds is 10. The minimum atomic E-state index is -4.10. The second-order valence-electron chi connectivity index (χ2n) is 5.13. The van der Waals surface area contributed by atoms with Gasteiger partial charge in [0.15, 0.2) is 5.92 Å². The van der Waals surface area contributed by atoms with Crippen LogP contribution in [0.3, 0.4) is 0 Å². The van der Waals surface area contributed by atoms with Crippen LogP contribution >= 0.6 is 11.6 Å². The topological polar surface area (TPSA) is 139 Å². The van der Waals surface area contributed by atoms with Crippen molar-refractivity contribution in [3.63, 3.8) is 0 Å². The van der Waals surface area contributed by atoms with Crippen molar-refractivity contribution in [1.82, 2.24) is 0 Å². The number of hydrogen-bond donors (Lipinski definition) is 1. The molecule has 2 atom stereocenters. The van der Waals surface area contributed by atoms with E-state index in [1.54, 1.807) is 30.3 Å². The Hall–Kier alpha value is -2.17. The molecule has 1 aromatic rings. The van der Waals surface area contributed by atoms with Crippen molar-refractivity contribution in [2.45, 2.75) is 12.7 Å². The number of primary amides is 1. The highest BCUT2D eigenvalue weighted by atomic mass is 35.5. The largest absolute Gasteiger partial charge is 0.462 e. The monoisotopic (exact) mass is 407 g/mol. The van der Waals surface area contributed by atoms with Crippen molar-refractivity contribution in [2.24, 2.45) is 11.7 Å². The molecule has 0 heterocycles. The van der Waals surface area contributed by atoms with Crippen molar-refractivity contribution >= 4 is 39.6 Å². The number of ether oxygens (including phenoxy) is 2. The fraction of sp³-hybridized carbons (Fsp3) is 0.400. The van der Waals surface area contributed by atoms with Crippen molar-refractivity contribution in [2.75, 3.05) is 18.7 Å². The minimum Gasteiger partial charge on any atom is -0.462 e. The van der Waals surface area contributed by atoms with Gasteiger partial charge in [0, 0.05) is 0 Å². The molecule has 0 aliphatic carbocycles. The van der Waals surface area contributed by atoms with Gasteiger partial charge in [-0.25, -0.2) is 0 Å². The van der Waals surface area contributed by atoms with Crippen LogP contribution in [-0.4, -0.2) is 51.1 Å². The predicted molar refractivity (Wildman–Crippen MR) is 90.3 cm³/mol. The highest BCUT2D eigenvalue weighted by molar-refractivity contribution is 7.86. The zero-order valence-electron chi connectivity index (χ0n) is 13.8. The summed E-state index contributed by atoms with van der Waals surface area (Å²) >= 11 is 5.27. The van der Waals surface area contributed by atoms with Crippen molar-refractivity contribution in [3.05, 3.63) is 35.9 Å². The average molecular weight is 408 g/mol. The van der Waals surface area contributed by atoms with E-state index in [-0.39, 0.29) is 6.61 Å². The fourth-order valence-corrected chi connectivity index (χ4v) is 2.58. The van der Waals surface area contributed by atoms with E-state index in [4.69, 9.17) is 22.1 Å². The summed E-state index contributed by atoms with van der Waals surface area (Å²) in [6.07, 6.45) is -0.977. The molecule has 0 saturated carbocycles. The number of amides is 1. The van der Waals surface area contributed by atoms with E-state index in [0.717, 1.165) is 0 Å². The van der Waals surface area contributed by atoms with Gasteiger partial charge in [0.2, 0.25) is 5.91 Å². The maximum atomic E-state index is 12.2. The van der Waals surface area contributed by atoms with Crippen LogP contribution in [0.2, 0.25) is 0 Å². The molecule has 1 rings (SSSR count). The fourth-order valence-electron chi connectivity index (χ4n) is 1.89. The summed E-state index contributed by atoms with van der Waals surface area (Å²) in [5.41, 5.74) is 5.82. The van der Waals surface area contributed by atoms with E-state index in [0.29, 0.717) is 11.8 Å². The number of halogens is 1. The molecule has 1 amide bonds. The number of benzene rings is 1. The number of nitrogens with two attached hydrogens (primary N) is 1. The molecule has 9 nitrogen and oxygen atoms in total. The zero-order chi connectivity index (χ0) is 19.7. The Kier molecular flexibility index (Phi) is 8.49. The smallest absolute Gasteiger partial charge is 0.321 e. The third-order valence-corrected chi connectivity index (χ3v) is 3.79. The Balaban J connectivity index is 2.92. The first-order valence-corrected chi connectivity index (χ1v) is 9.59. The molecule has 0 aliphatic heterocycles. The van der Waals surface area contributed by atoms with Gasteiger partial charge in [-0.15, -0.1) is 11.6 Å². The van der Waals surface area contributed by atoms with Gasteiger partial charge in [-0.3, -0.25) is 18.6 Å². The number of carbonyl (C=O) groups is 3. The normalized spacial score (nSPS) is 13.5. The highest BCUT2D eigenvalue weighted by Gasteiger charge is 2.39. The summed E-state index contributed by atoms with van der Waals surface area (Å²) < 4.78 is 37.1. The van der Waals surface area contributed by atoms with Gasteiger partial charge < -0.3 is 15.2 Å². The second kappa shape index (κ2) is 10.1. The Labute approximate surface area is 155 Å². The summed E-state index contributed by atoms with van der Waals surface area (Å²) in [4.78, 5) is 35.1. The lowest BCUT2D eigenvalue weighted by Gasteiger charge is -2.22. The zero-order valence-corrected chi connectivity index (χ0v) is 15.4. The molecule has 0 bridgehead atoms.